The molecule has 1 saturated heterocycles. The summed E-state index contributed by atoms with van der Waals surface area (Å²) in [4.78, 5) is 57.8. The van der Waals surface area contributed by atoms with Crippen LogP contribution >= 0.6 is 23.4 Å². The van der Waals surface area contributed by atoms with E-state index in [1.54, 1.807) is 48.5 Å². The van der Waals surface area contributed by atoms with E-state index in [1.165, 1.54) is 7.11 Å². The molecular formula is C23H20ClN5O6S. The van der Waals surface area contributed by atoms with Gasteiger partial charge in [0.15, 0.2) is 5.17 Å². The molecule has 1 fully saturated rings. The molecule has 3 aromatic rings. The van der Waals surface area contributed by atoms with Crippen molar-refractivity contribution in [3.05, 3.63) is 85.5 Å². The van der Waals surface area contributed by atoms with E-state index in [0.29, 0.717) is 22.0 Å². The predicted octanol–water partition coefficient (Wildman–Crippen LogP) is 2.14. The van der Waals surface area contributed by atoms with Crippen molar-refractivity contribution in [3.63, 3.8) is 0 Å². The van der Waals surface area contributed by atoms with Crippen molar-refractivity contribution in [2.45, 2.75) is 17.7 Å². The lowest BCUT2D eigenvalue weighted by Crippen LogP contribution is -2.29. The monoisotopic (exact) mass is 529 g/mol. The first-order chi connectivity index (χ1) is 17.2. The lowest BCUT2D eigenvalue weighted by Gasteiger charge is -2.15. The zero-order valence-corrected chi connectivity index (χ0v) is 20.3. The molecule has 1 aliphatic heterocycles. The zero-order valence-electron chi connectivity index (χ0n) is 18.7. The third kappa shape index (κ3) is 5.78. The Bertz CT molecular complexity index is 1450. The quantitative estimate of drug-likeness (QED) is 0.312. The number of rotatable bonds is 7. The first kappa shape index (κ1) is 25.1. The number of methoxy groups -OCH3 is 1. The molecule has 0 spiro atoms. The van der Waals surface area contributed by atoms with E-state index in [9.17, 15) is 24.3 Å². The number of aromatic amines is 2. The minimum Gasteiger partial charge on any atom is -0.497 e. The Hall–Kier alpha value is -4.03. The number of amides is 2. The van der Waals surface area contributed by atoms with Gasteiger partial charge in [0.1, 0.15) is 22.6 Å². The van der Waals surface area contributed by atoms with E-state index in [1.807, 2.05) is 0 Å². The van der Waals surface area contributed by atoms with Crippen LogP contribution in [-0.4, -0.2) is 44.4 Å². The Kier molecular flexibility index (Phi) is 7.46. The summed E-state index contributed by atoms with van der Waals surface area (Å²) in [5, 5.41) is 15.5. The van der Waals surface area contributed by atoms with Gasteiger partial charge in [0.2, 0.25) is 17.7 Å². The number of amidine groups is 1. The number of nitrogens with zero attached hydrogens (tertiary/aromatic N) is 1. The molecule has 11 nitrogen and oxygen atoms in total. The molecule has 1 aromatic heterocycles. The number of thioether (sulfide) groups is 1. The minimum atomic E-state index is -1.08. The number of hydrogen-bond donors (Lipinski definition) is 5. The predicted molar refractivity (Wildman–Crippen MR) is 136 cm³/mol. The number of hydrogen-bond acceptors (Lipinski definition) is 8. The summed E-state index contributed by atoms with van der Waals surface area (Å²) in [5.74, 6) is -0.930. The Balaban J connectivity index is 1.60. The summed E-state index contributed by atoms with van der Waals surface area (Å²) in [5.41, 5.74) is -0.959. The summed E-state index contributed by atoms with van der Waals surface area (Å²) in [7, 11) is 1.50. The molecule has 2 amide bonds. The Morgan fingerprint density at radius 3 is 2.61 bits per heavy atom. The van der Waals surface area contributed by atoms with Crippen molar-refractivity contribution in [1.29, 1.82) is 0 Å². The van der Waals surface area contributed by atoms with E-state index < -0.39 is 40.2 Å². The van der Waals surface area contributed by atoms with Crippen LogP contribution in [-0.2, 0) is 9.59 Å². The lowest BCUT2D eigenvalue weighted by molar-refractivity contribution is -0.122. The van der Waals surface area contributed by atoms with E-state index >= 15 is 0 Å². The van der Waals surface area contributed by atoms with Crippen molar-refractivity contribution >= 4 is 46.0 Å². The number of halogens is 1. The maximum absolute atomic E-state index is 12.6. The average Bonchev–Trinajstić information content (AvgIpc) is 3.16. The molecule has 0 aliphatic carbocycles. The largest absolute Gasteiger partial charge is 0.497 e. The molecule has 5 N–H and O–H groups in total. The second kappa shape index (κ2) is 10.7. The molecule has 2 heterocycles. The fourth-order valence-corrected chi connectivity index (χ4v) is 4.68. The highest BCUT2D eigenvalue weighted by molar-refractivity contribution is 8.15. The molecule has 1 aliphatic rings. The third-order valence-corrected chi connectivity index (χ3v) is 6.50. The summed E-state index contributed by atoms with van der Waals surface area (Å²) in [6.07, 6.45) is -0.139. The molecule has 0 bridgehead atoms. The maximum Gasteiger partial charge on any atom is 0.328 e. The first-order valence-corrected chi connectivity index (χ1v) is 11.8. The van der Waals surface area contributed by atoms with E-state index in [2.05, 4.69) is 25.6 Å². The van der Waals surface area contributed by atoms with Gasteiger partial charge in [-0.05, 0) is 35.9 Å². The summed E-state index contributed by atoms with van der Waals surface area (Å²) in [6.45, 7) is 0. The van der Waals surface area contributed by atoms with Gasteiger partial charge in [-0.15, -0.1) is 0 Å². The number of aliphatic imine (C=N–C) groups is 1. The maximum atomic E-state index is 12.6. The average molecular weight is 530 g/mol. The highest BCUT2D eigenvalue weighted by Crippen LogP contribution is 2.32. The van der Waals surface area contributed by atoms with Crippen LogP contribution in [0.25, 0.3) is 0 Å². The van der Waals surface area contributed by atoms with Crippen molar-refractivity contribution in [2.75, 3.05) is 12.4 Å². The van der Waals surface area contributed by atoms with Crippen LogP contribution in [0.15, 0.2) is 63.1 Å². The normalized spacial score (nSPS) is 17.0. The molecule has 13 heteroatoms. The highest BCUT2D eigenvalue weighted by Gasteiger charge is 2.33. The van der Waals surface area contributed by atoms with E-state index in [0.717, 1.165) is 11.8 Å². The van der Waals surface area contributed by atoms with Gasteiger partial charge in [-0.3, -0.25) is 24.4 Å². The Morgan fingerprint density at radius 1 is 1.19 bits per heavy atom. The number of anilines is 1. The Morgan fingerprint density at radius 2 is 1.94 bits per heavy atom. The number of aromatic nitrogens is 2. The first-order valence-electron chi connectivity index (χ1n) is 10.5. The number of carbonyl (C=O) groups is 2. The van der Waals surface area contributed by atoms with Gasteiger partial charge >= 0.3 is 5.69 Å². The van der Waals surface area contributed by atoms with Gasteiger partial charge in [-0.25, -0.2) is 9.79 Å². The molecule has 2 aromatic carbocycles. The van der Waals surface area contributed by atoms with Crippen LogP contribution in [0.4, 0.5) is 5.69 Å². The molecule has 2 unspecified atom stereocenters. The third-order valence-electron chi connectivity index (χ3n) is 5.17. The van der Waals surface area contributed by atoms with Crippen molar-refractivity contribution < 1.29 is 19.4 Å². The molecule has 186 valence electrons. The van der Waals surface area contributed by atoms with Crippen LogP contribution in [0.2, 0.25) is 5.02 Å². The Labute approximate surface area is 213 Å². The molecule has 4 rings (SSSR count). The smallest absolute Gasteiger partial charge is 0.328 e. The van der Waals surface area contributed by atoms with E-state index in [-0.39, 0.29) is 17.2 Å². The number of aromatic hydroxyl groups is 1. The fourth-order valence-electron chi connectivity index (χ4n) is 3.49. The molecule has 0 saturated carbocycles. The van der Waals surface area contributed by atoms with Gasteiger partial charge < -0.3 is 20.5 Å². The number of nitrogens with one attached hydrogen (secondary N) is 4. The topological polar surface area (TPSA) is 166 Å². The SMILES string of the molecule is COc1ccc(C(N=C2NC(=O)C(CC(=O)Nc3cccc(Cl)c3)S2)c2c(O)[nH]c(=O)[nH]c2=O)cc1. The number of ether oxygens (including phenoxy) is 1. The molecule has 36 heavy (non-hydrogen) atoms. The van der Waals surface area contributed by atoms with Gasteiger partial charge in [-0.1, -0.05) is 41.6 Å². The summed E-state index contributed by atoms with van der Waals surface area (Å²) < 4.78 is 5.16. The minimum absolute atomic E-state index is 0.139. The van der Waals surface area contributed by atoms with Crippen LogP contribution in [0, 0.1) is 0 Å². The van der Waals surface area contributed by atoms with Crippen molar-refractivity contribution in [1.82, 2.24) is 15.3 Å². The lowest BCUT2D eigenvalue weighted by atomic mass is 10.0. The van der Waals surface area contributed by atoms with Gasteiger partial charge in [-0.2, -0.15) is 0 Å². The van der Waals surface area contributed by atoms with Crippen LogP contribution in [0.3, 0.4) is 0 Å². The number of benzene rings is 2. The summed E-state index contributed by atoms with van der Waals surface area (Å²) >= 11 is 6.95. The summed E-state index contributed by atoms with van der Waals surface area (Å²) in [6, 6.07) is 12.1. The number of carbonyl (C=O) groups excluding carboxylic acids is 2. The standard InChI is InChI=1S/C23H20ClN5O6S/c1-35-14-7-5-11(6-8-14)18(17-20(32)27-22(34)28-21(17)33)26-23-29-19(31)15(36-23)10-16(30)25-13-4-2-3-12(24)9-13/h2-9,15,18H,10H2,1H3,(H,25,30)(H,26,29,31)(H3,27,28,32,33,34). The second-order valence-electron chi connectivity index (χ2n) is 7.64. The second-order valence-corrected chi connectivity index (χ2v) is 9.27. The molecule has 2 atom stereocenters. The van der Waals surface area contributed by atoms with Crippen LogP contribution in [0.1, 0.15) is 23.6 Å². The van der Waals surface area contributed by atoms with Gasteiger partial charge in [0.25, 0.3) is 5.56 Å². The highest BCUT2D eigenvalue weighted by atomic mass is 35.5. The fraction of sp³-hybridized carbons (Fsp3) is 0.174. The zero-order chi connectivity index (χ0) is 25.8. The van der Waals surface area contributed by atoms with Crippen LogP contribution < -0.4 is 26.6 Å². The van der Waals surface area contributed by atoms with Crippen molar-refractivity contribution in [2.24, 2.45) is 4.99 Å². The van der Waals surface area contributed by atoms with Crippen LogP contribution in [0.5, 0.6) is 11.6 Å². The number of H-pyrrole nitrogens is 2. The van der Waals surface area contributed by atoms with Gasteiger partial charge in [0.05, 0.1) is 7.11 Å². The molecule has 0 radical (unpaired) electrons. The van der Waals surface area contributed by atoms with Gasteiger partial charge in [0, 0.05) is 17.1 Å². The van der Waals surface area contributed by atoms with Crippen molar-refractivity contribution in [3.8, 4) is 11.6 Å². The van der Waals surface area contributed by atoms with E-state index in [4.69, 9.17) is 16.3 Å². The molecular weight excluding hydrogens is 510 g/mol.